The van der Waals surface area contributed by atoms with Gasteiger partial charge in [0.15, 0.2) is 11.5 Å². The summed E-state index contributed by atoms with van der Waals surface area (Å²) in [7, 11) is 4.90. The average molecular weight is 302 g/mol. The Morgan fingerprint density at radius 3 is 2.35 bits per heavy atom. The molecule has 0 aliphatic carbocycles. The molecule has 0 radical (unpaired) electrons. The van der Waals surface area contributed by atoms with E-state index in [-0.39, 0.29) is 0 Å². The van der Waals surface area contributed by atoms with Crippen molar-refractivity contribution >= 4 is 11.6 Å². The summed E-state index contributed by atoms with van der Waals surface area (Å²) in [6.07, 6.45) is 0. The molecule has 114 valence electrons. The van der Waals surface area contributed by atoms with Crippen molar-refractivity contribution in [3.63, 3.8) is 0 Å². The SMILES string of the molecule is COCC(NCc1cc(Cl)c(OC)c(OC)c1)C(C)C. The van der Waals surface area contributed by atoms with Crippen LogP contribution in [0.15, 0.2) is 12.1 Å². The highest BCUT2D eigenvalue weighted by atomic mass is 35.5. The third-order valence-corrected chi connectivity index (χ3v) is 3.49. The second-order valence-corrected chi connectivity index (χ2v) is 5.41. The number of ether oxygens (including phenoxy) is 3. The zero-order chi connectivity index (χ0) is 15.1. The van der Waals surface area contributed by atoms with Crippen molar-refractivity contribution < 1.29 is 14.2 Å². The molecule has 0 amide bonds. The second kappa shape index (κ2) is 8.35. The highest BCUT2D eigenvalue weighted by molar-refractivity contribution is 6.32. The van der Waals surface area contributed by atoms with E-state index in [9.17, 15) is 0 Å². The first-order chi connectivity index (χ1) is 9.53. The van der Waals surface area contributed by atoms with Crippen LogP contribution in [0.1, 0.15) is 19.4 Å². The highest BCUT2D eigenvalue weighted by Crippen LogP contribution is 2.35. The summed E-state index contributed by atoms with van der Waals surface area (Å²) < 4.78 is 15.8. The van der Waals surface area contributed by atoms with Crippen LogP contribution in [0.5, 0.6) is 11.5 Å². The fraction of sp³-hybridized carbons (Fsp3) is 0.600. The summed E-state index contributed by atoms with van der Waals surface area (Å²) in [6, 6.07) is 4.12. The van der Waals surface area contributed by atoms with Crippen LogP contribution in [0.2, 0.25) is 5.02 Å². The van der Waals surface area contributed by atoms with Gasteiger partial charge in [-0.2, -0.15) is 0 Å². The molecule has 1 aromatic carbocycles. The lowest BCUT2D eigenvalue weighted by atomic mass is 10.0. The minimum Gasteiger partial charge on any atom is -0.493 e. The summed E-state index contributed by atoms with van der Waals surface area (Å²) >= 11 is 6.19. The van der Waals surface area contributed by atoms with Crippen LogP contribution >= 0.6 is 11.6 Å². The van der Waals surface area contributed by atoms with Crippen LogP contribution in [-0.2, 0) is 11.3 Å². The highest BCUT2D eigenvalue weighted by Gasteiger charge is 2.14. The van der Waals surface area contributed by atoms with Gasteiger partial charge in [-0.15, -0.1) is 0 Å². The standard InChI is InChI=1S/C15H24ClNO3/c1-10(2)13(9-18-3)17-8-11-6-12(16)15(20-5)14(7-11)19-4/h6-7,10,13,17H,8-9H2,1-5H3. The minimum atomic E-state index is 0.298. The number of halogens is 1. The molecule has 0 aromatic heterocycles. The van der Waals surface area contributed by atoms with Crippen LogP contribution in [0.25, 0.3) is 0 Å². The van der Waals surface area contributed by atoms with Gasteiger partial charge < -0.3 is 19.5 Å². The molecule has 0 spiro atoms. The Hall–Kier alpha value is -0.970. The van der Waals surface area contributed by atoms with Crippen molar-refractivity contribution in [3.05, 3.63) is 22.7 Å². The molecule has 1 atom stereocenters. The van der Waals surface area contributed by atoms with E-state index in [1.165, 1.54) is 0 Å². The van der Waals surface area contributed by atoms with E-state index < -0.39 is 0 Å². The molecule has 0 saturated heterocycles. The third kappa shape index (κ3) is 4.54. The molecule has 1 aromatic rings. The summed E-state index contributed by atoms with van der Waals surface area (Å²) in [6.45, 7) is 5.71. The van der Waals surface area contributed by atoms with Gasteiger partial charge in [-0.3, -0.25) is 0 Å². The number of rotatable bonds is 8. The van der Waals surface area contributed by atoms with Crippen LogP contribution in [0.3, 0.4) is 0 Å². The van der Waals surface area contributed by atoms with E-state index in [0.717, 1.165) is 5.56 Å². The molecule has 1 rings (SSSR count). The van der Waals surface area contributed by atoms with E-state index in [0.29, 0.717) is 41.6 Å². The Labute approximate surface area is 126 Å². The second-order valence-electron chi connectivity index (χ2n) is 5.00. The maximum atomic E-state index is 6.19. The van der Waals surface area contributed by atoms with Crippen molar-refractivity contribution in [1.29, 1.82) is 0 Å². The van der Waals surface area contributed by atoms with Crippen LogP contribution in [0.4, 0.5) is 0 Å². The largest absolute Gasteiger partial charge is 0.493 e. The smallest absolute Gasteiger partial charge is 0.179 e. The lowest BCUT2D eigenvalue weighted by Crippen LogP contribution is -2.37. The summed E-state index contributed by atoms with van der Waals surface area (Å²) in [5, 5.41) is 4.02. The van der Waals surface area contributed by atoms with E-state index >= 15 is 0 Å². The molecule has 0 aliphatic rings. The van der Waals surface area contributed by atoms with Crippen molar-refractivity contribution in [2.24, 2.45) is 5.92 Å². The third-order valence-electron chi connectivity index (χ3n) is 3.21. The van der Waals surface area contributed by atoms with E-state index in [1.807, 2.05) is 12.1 Å². The van der Waals surface area contributed by atoms with Crippen LogP contribution < -0.4 is 14.8 Å². The zero-order valence-corrected chi connectivity index (χ0v) is 13.6. The van der Waals surface area contributed by atoms with E-state index in [1.54, 1.807) is 21.3 Å². The topological polar surface area (TPSA) is 39.7 Å². The van der Waals surface area contributed by atoms with Gasteiger partial charge in [0.05, 0.1) is 25.8 Å². The van der Waals surface area contributed by atoms with Crippen molar-refractivity contribution in [3.8, 4) is 11.5 Å². The van der Waals surface area contributed by atoms with Gasteiger partial charge in [0.25, 0.3) is 0 Å². The molecule has 5 heteroatoms. The maximum absolute atomic E-state index is 6.19. The lowest BCUT2D eigenvalue weighted by Gasteiger charge is -2.22. The maximum Gasteiger partial charge on any atom is 0.179 e. The molecule has 20 heavy (non-hydrogen) atoms. The summed E-state index contributed by atoms with van der Waals surface area (Å²) in [4.78, 5) is 0. The van der Waals surface area contributed by atoms with Gasteiger partial charge in [0.1, 0.15) is 0 Å². The van der Waals surface area contributed by atoms with Gasteiger partial charge in [0, 0.05) is 19.7 Å². The average Bonchev–Trinajstić information content (AvgIpc) is 2.42. The van der Waals surface area contributed by atoms with Crippen molar-refractivity contribution in [2.45, 2.75) is 26.4 Å². The molecule has 1 unspecified atom stereocenters. The predicted octanol–water partition coefficient (Wildman–Crippen LogP) is 3.12. The number of hydrogen-bond donors (Lipinski definition) is 1. The van der Waals surface area contributed by atoms with Crippen LogP contribution in [0, 0.1) is 5.92 Å². The van der Waals surface area contributed by atoms with Crippen molar-refractivity contribution in [1.82, 2.24) is 5.32 Å². The molecule has 0 saturated carbocycles. The Morgan fingerprint density at radius 1 is 1.15 bits per heavy atom. The van der Waals surface area contributed by atoms with Gasteiger partial charge >= 0.3 is 0 Å². The van der Waals surface area contributed by atoms with Gasteiger partial charge in [-0.25, -0.2) is 0 Å². The number of methoxy groups -OCH3 is 3. The zero-order valence-electron chi connectivity index (χ0n) is 12.8. The van der Waals surface area contributed by atoms with Gasteiger partial charge in [0.2, 0.25) is 0 Å². The first kappa shape index (κ1) is 17.1. The Bertz CT molecular complexity index is 424. The molecule has 0 heterocycles. The quantitative estimate of drug-likeness (QED) is 0.801. The number of nitrogens with one attached hydrogen (secondary N) is 1. The van der Waals surface area contributed by atoms with Gasteiger partial charge in [-0.1, -0.05) is 25.4 Å². The first-order valence-corrected chi connectivity index (χ1v) is 7.04. The van der Waals surface area contributed by atoms with Crippen molar-refractivity contribution in [2.75, 3.05) is 27.9 Å². The Balaban J connectivity index is 2.80. The summed E-state index contributed by atoms with van der Waals surface area (Å²) in [5.74, 6) is 1.70. The molecule has 1 N–H and O–H groups in total. The van der Waals surface area contributed by atoms with Crippen LogP contribution in [-0.4, -0.2) is 34.0 Å². The number of hydrogen-bond acceptors (Lipinski definition) is 4. The van der Waals surface area contributed by atoms with Gasteiger partial charge in [-0.05, 0) is 23.6 Å². The molecule has 0 aliphatic heterocycles. The molecule has 0 fully saturated rings. The van der Waals surface area contributed by atoms with E-state index in [4.69, 9.17) is 25.8 Å². The fourth-order valence-corrected chi connectivity index (χ4v) is 2.30. The van der Waals surface area contributed by atoms with E-state index in [2.05, 4.69) is 19.2 Å². The summed E-state index contributed by atoms with van der Waals surface area (Å²) in [5.41, 5.74) is 1.05. The lowest BCUT2D eigenvalue weighted by molar-refractivity contribution is 0.146. The minimum absolute atomic E-state index is 0.298. The fourth-order valence-electron chi connectivity index (χ4n) is 1.99. The number of benzene rings is 1. The first-order valence-electron chi connectivity index (χ1n) is 6.66. The molecular formula is C15H24ClNO3. The predicted molar refractivity (Wildman–Crippen MR) is 81.9 cm³/mol. The Morgan fingerprint density at radius 2 is 1.85 bits per heavy atom. The molecular weight excluding hydrogens is 278 g/mol. The normalized spacial score (nSPS) is 12.6. The molecule has 0 bridgehead atoms. The Kier molecular flexibility index (Phi) is 7.13. The monoisotopic (exact) mass is 301 g/mol. The molecule has 4 nitrogen and oxygen atoms in total.